The highest BCUT2D eigenvalue weighted by atomic mass is 79.9. The van der Waals surface area contributed by atoms with Crippen LogP contribution in [-0.4, -0.2) is 45.7 Å². The molecule has 0 aliphatic heterocycles. The second-order valence-electron chi connectivity index (χ2n) is 4.53. The molecule has 0 aromatic heterocycles. The first-order valence-corrected chi connectivity index (χ1v) is 7.10. The minimum atomic E-state index is 0.117. The largest absolute Gasteiger partial charge is 0.493 e. The minimum absolute atomic E-state index is 0.117. The van der Waals surface area contributed by atoms with Gasteiger partial charge in [-0.3, -0.25) is 4.79 Å². The van der Waals surface area contributed by atoms with E-state index in [1.807, 2.05) is 12.1 Å². The van der Waals surface area contributed by atoms with Crippen LogP contribution in [0.5, 0.6) is 11.5 Å². The minimum Gasteiger partial charge on any atom is -0.493 e. The van der Waals surface area contributed by atoms with Gasteiger partial charge in [0.1, 0.15) is 0 Å². The van der Waals surface area contributed by atoms with Crippen molar-refractivity contribution in [3.05, 3.63) is 22.2 Å². The molecule has 0 aliphatic carbocycles. The summed E-state index contributed by atoms with van der Waals surface area (Å²) in [4.78, 5) is 13.0. The van der Waals surface area contributed by atoms with E-state index >= 15 is 0 Å². The van der Waals surface area contributed by atoms with Crippen molar-refractivity contribution in [3.8, 4) is 11.5 Å². The lowest BCUT2D eigenvalue weighted by atomic mass is 10.2. The third-order valence-electron chi connectivity index (χ3n) is 2.84. The Labute approximate surface area is 128 Å². The molecule has 0 unspecified atom stereocenters. The summed E-state index contributed by atoms with van der Waals surface area (Å²) in [5.41, 5.74) is 1.06. The molecule has 0 fully saturated rings. The fourth-order valence-corrected chi connectivity index (χ4v) is 2.38. The molecule has 0 spiro atoms. The van der Waals surface area contributed by atoms with E-state index in [2.05, 4.69) is 21.2 Å². The maximum Gasteiger partial charge on any atom is 0.223 e. The number of carbonyl (C=O) groups excluding carboxylic acids is 1. The first-order chi connectivity index (χ1) is 9.49. The summed E-state index contributed by atoms with van der Waals surface area (Å²) in [7, 11) is 6.73. The molecule has 0 heterocycles. The van der Waals surface area contributed by atoms with Crippen LogP contribution < -0.4 is 14.8 Å². The summed E-state index contributed by atoms with van der Waals surface area (Å²) in [6, 6.07) is 3.90. The summed E-state index contributed by atoms with van der Waals surface area (Å²) in [6.07, 6.45) is 0.488. The Kier molecular flexibility index (Phi) is 6.81. The van der Waals surface area contributed by atoms with Crippen LogP contribution in [0.2, 0.25) is 0 Å². The molecular formula is C14H21BrN2O3. The first-order valence-electron chi connectivity index (χ1n) is 6.30. The lowest BCUT2D eigenvalue weighted by Gasteiger charge is -2.13. The highest BCUT2D eigenvalue weighted by Gasteiger charge is 2.10. The van der Waals surface area contributed by atoms with Crippen LogP contribution in [0, 0.1) is 0 Å². The van der Waals surface area contributed by atoms with Gasteiger partial charge in [0.05, 0.1) is 18.7 Å². The van der Waals surface area contributed by atoms with Crippen molar-refractivity contribution in [3.63, 3.8) is 0 Å². The van der Waals surface area contributed by atoms with Crippen molar-refractivity contribution in [1.29, 1.82) is 0 Å². The molecule has 1 aromatic rings. The Morgan fingerprint density at radius 1 is 1.30 bits per heavy atom. The molecule has 1 aromatic carbocycles. The Morgan fingerprint density at radius 2 is 2.00 bits per heavy atom. The molecule has 1 rings (SSSR count). The Hall–Kier alpha value is -1.27. The number of carbonyl (C=O) groups is 1. The highest BCUT2D eigenvalue weighted by molar-refractivity contribution is 9.10. The lowest BCUT2D eigenvalue weighted by Crippen LogP contribution is -2.26. The molecule has 0 radical (unpaired) electrons. The van der Waals surface area contributed by atoms with Crippen molar-refractivity contribution in [2.75, 3.05) is 34.9 Å². The molecule has 0 bridgehead atoms. The van der Waals surface area contributed by atoms with E-state index in [4.69, 9.17) is 9.47 Å². The maximum absolute atomic E-state index is 11.4. The first kappa shape index (κ1) is 16.8. The van der Waals surface area contributed by atoms with E-state index in [1.54, 1.807) is 33.2 Å². The standard InChI is InChI=1S/C14H21BrN2O3/c1-17(2)13(18)5-6-16-9-10-7-11(15)14(20-4)12(8-10)19-3/h7-8,16H,5-6,9H2,1-4H3. The Morgan fingerprint density at radius 3 is 2.55 bits per heavy atom. The van der Waals surface area contributed by atoms with Gasteiger partial charge < -0.3 is 19.7 Å². The van der Waals surface area contributed by atoms with E-state index in [9.17, 15) is 4.79 Å². The van der Waals surface area contributed by atoms with Crippen LogP contribution >= 0.6 is 15.9 Å². The van der Waals surface area contributed by atoms with Crippen LogP contribution in [0.4, 0.5) is 0 Å². The molecule has 1 amide bonds. The van der Waals surface area contributed by atoms with Crippen LogP contribution in [0.3, 0.4) is 0 Å². The zero-order valence-electron chi connectivity index (χ0n) is 12.3. The predicted molar refractivity (Wildman–Crippen MR) is 82.3 cm³/mol. The number of benzene rings is 1. The lowest BCUT2D eigenvalue weighted by molar-refractivity contribution is -0.128. The van der Waals surface area contributed by atoms with Gasteiger partial charge in [-0.2, -0.15) is 0 Å². The number of nitrogens with zero attached hydrogens (tertiary/aromatic N) is 1. The molecule has 20 heavy (non-hydrogen) atoms. The topological polar surface area (TPSA) is 50.8 Å². The number of hydrogen-bond acceptors (Lipinski definition) is 4. The second kappa shape index (κ2) is 8.11. The molecule has 112 valence electrons. The molecule has 0 saturated heterocycles. The SMILES string of the molecule is COc1cc(CNCCC(=O)N(C)C)cc(Br)c1OC. The van der Waals surface area contributed by atoms with Crippen molar-refractivity contribution in [2.45, 2.75) is 13.0 Å². The summed E-state index contributed by atoms with van der Waals surface area (Å²) < 4.78 is 11.4. The number of nitrogens with one attached hydrogen (secondary N) is 1. The number of halogens is 1. The molecule has 5 nitrogen and oxygen atoms in total. The molecular weight excluding hydrogens is 324 g/mol. The molecule has 0 atom stereocenters. The summed E-state index contributed by atoms with van der Waals surface area (Å²) in [5.74, 6) is 1.48. The fourth-order valence-electron chi connectivity index (χ4n) is 1.73. The van der Waals surface area contributed by atoms with Crippen molar-refractivity contribution >= 4 is 21.8 Å². The molecule has 0 aliphatic rings. The van der Waals surface area contributed by atoms with Gasteiger partial charge in [0.25, 0.3) is 0 Å². The third-order valence-corrected chi connectivity index (χ3v) is 3.43. The predicted octanol–water partition coefficient (Wildman–Crippen LogP) is 2.03. The van der Waals surface area contributed by atoms with E-state index < -0.39 is 0 Å². The van der Waals surface area contributed by atoms with Gasteiger partial charge in [0, 0.05) is 33.6 Å². The van der Waals surface area contributed by atoms with Gasteiger partial charge in [0.15, 0.2) is 11.5 Å². The van der Waals surface area contributed by atoms with Crippen LogP contribution in [0.25, 0.3) is 0 Å². The summed E-state index contributed by atoms with van der Waals surface area (Å²) in [6.45, 7) is 1.31. The average Bonchev–Trinajstić information content (AvgIpc) is 2.42. The molecule has 1 N–H and O–H groups in total. The fraction of sp³-hybridized carbons (Fsp3) is 0.500. The zero-order chi connectivity index (χ0) is 15.1. The van der Waals surface area contributed by atoms with Crippen LogP contribution in [0.15, 0.2) is 16.6 Å². The van der Waals surface area contributed by atoms with E-state index in [0.717, 1.165) is 10.0 Å². The Bertz CT molecular complexity index is 464. The van der Waals surface area contributed by atoms with Crippen molar-refractivity contribution in [1.82, 2.24) is 10.2 Å². The van der Waals surface area contributed by atoms with E-state index in [1.165, 1.54) is 0 Å². The van der Waals surface area contributed by atoms with Crippen molar-refractivity contribution < 1.29 is 14.3 Å². The maximum atomic E-state index is 11.4. The van der Waals surface area contributed by atoms with Crippen LogP contribution in [0.1, 0.15) is 12.0 Å². The van der Waals surface area contributed by atoms with Gasteiger partial charge >= 0.3 is 0 Å². The number of rotatable bonds is 7. The molecule has 6 heteroatoms. The molecule has 0 saturated carbocycles. The van der Waals surface area contributed by atoms with Crippen LogP contribution in [-0.2, 0) is 11.3 Å². The average molecular weight is 345 g/mol. The van der Waals surface area contributed by atoms with Crippen molar-refractivity contribution in [2.24, 2.45) is 0 Å². The van der Waals surface area contributed by atoms with Gasteiger partial charge in [-0.1, -0.05) is 0 Å². The van der Waals surface area contributed by atoms with E-state index in [0.29, 0.717) is 31.0 Å². The van der Waals surface area contributed by atoms with Gasteiger partial charge in [0.2, 0.25) is 5.91 Å². The zero-order valence-corrected chi connectivity index (χ0v) is 13.9. The van der Waals surface area contributed by atoms with Gasteiger partial charge in [-0.05, 0) is 33.6 Å². The normalized spacial score (nSPS) is 10.2. The Balaban J connectivity index is 2.57. The van der Waals surface area contributed by atoms with Gasteiger partial charge in [-0.25, -0.2) is 0 Å². The number of hydrogen-bond donors (Lipinski definition) is 1. The summed E-state index contributed by atoms with van der Waals surface area (Å²) >= 11 is 3.46. The summed E-state index contributed by atoms with van der Waals surface area (Å²) in [5, 5.41) is 3.24. The number of amides is 1. The smallest absolute Gasteiger partial charge is 0.223 e. The van der Waals surface area contributed by atoms with Gasteiger partial charge in [-0.15, -0.1) is 0 Å². The highest BCUT2D eigenvalue weighted by Crippen LogP contribution is 2.36. The monoisotopic (exact) mass is 344 g/mol. The second-order valence-corrected chi connectivity index (χ2v) is 5.38. The van der Waals surface area contributed by atoms with E-state index in [-0.39, 0.29) is 5.91 Å². The number of ether oxygens (including phenoxy) is 2. The quantitative estimate of drug-likeness (QED) is 0.769. The third kappa shape index (κ3) is 4.68. The number of methoxy groups -OCH3 is 2.